The number of ether oxygens (including phenoxy) is 4. The van der Waals surface area contributed by atoms with Gasteiger partial charge in [-0.05, 0) is 47.9 Å². The molecule has 0 spiro atoms. The lowest BCUT2D eigenvalue weighted by atomic mass is 10.1. The Balaban J connectivity index is 1.74. The van der Waals surface area contributed by atoms with Crippen LogP contribution in [0.4, 0.5) is 0 Å². The molecule has 0 atom stereocenters. The highest BCUT2D eigenvalue weighted by molar-refractivity contribution is 6.07. The molecule has 0 N–H and O–H groups in total. The van der Waals surface area contributed by atoms with Gasteiger partial charge in [-0.25, -0.2) is 9.79 Å². The fourth-order valence-corrected chi connectivity index (χ4v) is 2.71. The Hall–Kier alpha value is -3.28. The maximum Gasteiger partial charge on any atom is 0.363 e. The summed E-state index contributed by atoms with van der Waals surface area (Å²) in [5.74, 6) is 2.01. The molecule has 0 saturated carbocycles. The van der Waals surface area contributed by atoms with Gasteiger partial charge < -0.3 is 18.9 Å². The minimum Gasteiger partial charge on any atom is -0.497 e. The molecule has 3 rings (SSSR count). The molecule has 2 aromatic carbocycles. The molecule has 0 radical (unpaired) electrons. The third-order valence-electron chi connectivity index (χ3n) is 4.10. The summed E-state index contributed by atoms with van der Waals surface area (Å²) in [5, 5.41) is 0. The number of aliphatic imine (C=N–C) groups is 1. The molecular weight excluding hydrogens is 346 g/mol. The molecule has 1 heterocycles. The van der Waals surface area contributed by atoms with Crippen LogP contribution in [0.1, 0.15) is 17.5 Å². The van der Waals surface area contributed by atoms with E-state index in [0.717, 1.165) is 16.9 Å². The molecule has 1 aliphatic heterocycles. The van der Waals surface area contributed by atoms with Crippen LogP contribution >= 0.6 is 0 Å². The maximum absolute atomic E-state index is 12.1. The van der Waals surface area contributed by atoms with Gasteiger partial charge in [-0.15, -0.1) is 0 Å². The van der Waals surface area contributed by atoms with Gasteiger partial charge in [0.05, 0.1) is 21.3 Å². The van der Waals surface area contributed by atoms with Crippen LogP contribution in [0.5, 0.6) is 17.2 Å². The fraction of sp³-hybridized carbons (Fsp3) is 0.238. The number of carbonyl (C=O) groups excluding carboxylic acids is 1. The normalized spacial score (nSPS) is 14.7. The van der Waals surface area contributed by atoms with Gasteiger partial charge >= 0.3 is 5.97 Å². The van der Waals surface area contributed by atoms with Crippen LogP contribution in [-0.2, 0) is 16.0 Å². The molecule has 1 aliphatic rings. The summed E-state index contributed by atoms with van der Waals surface area (Å²) in [5.41, 5.74) is 2.09. The van der Waals surface area contributed by atoms with Crippen LogP contribution in [-0.4, -0.2) is 33.2 Å². The van der Waals surface area contributed by atoms with Gasteiger partial charge in [-0.2, -0.15) is 0 Å². The van der Waals surface area contributed by atoms with E-state index >= 15 is 0 Å². The first kappa shape index (κ1) is 18.5. The third-order valence-corrected chi connectivity index (χ3v) is 4.10. The molecule has 0 aromatic heterocycles. The smallest absolute Gasteiger partial charge is 0.363 e. The third kappa shape index (κ3) is 4.67. The van der Waals surface area contributed by atoms with E-state index in [1.54, 1.807) is 45.6 Å². The number of benzene rings is 2. The van der Waals surface area contributed by atoms with Crippen molar-refractivity contribution in [1.82, 2.24) is 0 Å². The van der Waals surface area contributed by atoms with Crippen LogP contribution in [0.25, 0.3) is 6.08 Å². The van der Waals surface area contributed by atoms with Crippen molar-refractivity contribution in [2.45, 2.75) is 12.8 Å². The second-order valence-electron chi connectivity index (χ2n) is 5.92. The Kier molecular flexibility index (Phi) is 5.76. The molecular formula is C21H21NO5. The van der Waals surface area contributed by atoms with Crippen LogP contribution in [0.3, 0.4) is 0 Å². The van der Waals surface area contributed by atoms with E-state index < -0.39 is 5.97 Å². The lowest BCUT2D eigenvalue weighted by Gasteiger charge is -2.05. The number of rotatable bonds is 7. The lowest BCUT2D eigenvalue weighted by molar-refractivity contribution is -0.130. The van der Waals surface area contributed by atoms with Crippen molar-refractivity contribution in [2.75, 3.05) is 21.3 Å². The molecule has 140 valence electrons. The number of aryl methyl sites for hydroxylation is 1. The zero-order valence-electron chi connectivity index (χ0n) is 15.5. The van der Waals surface area contributed by atoms with Crippen molar-refractivity contribution < 1.29 is 23.7 Å². The van der Waals surface area contributed by atoms with Crippen LogP contribution in [0.15, 0.2) is 53.2 Å². The number of hydrogen-bond acceptors (Lipinski definition) is 6. The van der Waals surface area contributed by atoms with E-state index in [1.165, 1.54) is 0 Å². The van der Waals surface area contributed by atoms with Crippen LogP contribution in [0.2, 0.25) is 0 Å². The van der Waals surface area contributed by atoms with Gasteiger partial charge in [0.1, 0.15) is 17.2 Å². The maximum atomic E-state index is 12.1. The monoisotopic (exact) mass is 367 g/mol. The van der Waals surface area contributed by atoms with Crippen LogP contribution in [0, 0.1) is 0 Å². The second-order valence-corrected chi connectivity index (χ2v) is 5.92. The summed E-state index contributed by atoms with van der Waals surface area (Å²) < 4.78 is 21.0. The minimum absolute atomic E-state index is 0.256. The number of carbonyl (C=O) groups is 1. The van der Waals surface area contributed by atoms with E-state index in [2.05, 4.69) is 4.99 Å². The molecule has 0 amide bonds. The zero-order valence-corrected chi connectivity index (χ0v) is 15.5. The summed E-state index contributed by atoms with van der Waals surface area (Å²) in [6.07, 6.45) is 2.88. The second kappa shape index (κ2) is 8.40. The van der Waals surface area contributed by atoms with Crippen molar-refractivity contribution in [1.29, 1.82) is 0 Å². The predicted molar refractivity (Wildman–Crippen MR) is 102 cm³/mol. The summed E-state index contributed by atoms with van der Waals surface area (Å²) >= 11 is 0. The molecule has 2 aromatic rings. The Morgan fingerprint density at radius 3 is 2.30 bits per heavy atom. The van der Waals surface area contributed by atoms with Gasteiger partial charge in [-0.3, -0.25) is 0 Å². The quantitative estimate of drug-likeness (QED) is 0.552. The van der Waals surface area contributed by atoms with E-state index in [9.17, 15) is 4.79 Å². The van der Waals surface area contributed by atoms with E-state index in [0.29, 0.717) is 30.2 Å². The number of hydrogen-bond donors (Lipinski definition) is 0. The average molecular weight is 367 g/mol. The van der Waals surface area contributed by atoms with E-state index in [-0.39, 0.29) is 5.70 Å². The molecule has 0 saturated heterocycles. The van der Waals surface area contributed by atoms with Gasteiger partial charge in [0, 0.05) is 12.5 Å². The van der Waals surface area contributed by atoms with Crippen molar-refractivity contribution in [3.8, 4) is 17.2 Å². The fourth-order valence-electron chi connectivity index (χ4n) is 2.71. The molecule has 0 bridgehead atoms. The minimum atomic E-state index is -0.461. The van der Waals surface area contributed by atoms with Crippen molar-refractivity contribution in [3.63, 3.8) is 0 Å². The van der Waals surface area contributed by atoms with E-state index in [1.807, 2.05) is 24.3 Å². The predicted octanol–water partition coefficient (Wildman–Crippen LogP) is 3.64. The topological polar surface area (TPSA) is 66.3 Å². The largest absolute Gasteiger partial charge is 0.497 e. The molecule has 0 aliphatic carbocycles. The molecule has 6 heteroatoms. The van der Waals surface area contributed by atoms with Gasteiger partial charge in [0.15, 0.2) is 11.6 Å². The van der Waals surface area contributed by atoms with Crippen LogP contribution < -0.4 is 14.2 Å². The first-order valence-corrected chi connectivity index (χ1v) is 8.48. The highest BCUT2D eigenvalue weighted by Crippen LogP contribution is 2.26. The number of methoxy groups -OCH3 is 3. The van der Waals surface area contributed by atoms with Gasteiger partial charge in [0.2, 0.25) is 0 Å². The first-order chi connectivity index (χ1) is 13.1. The molecule has 0 fully saturated rings. The molecule has 27 heavy (non-hydrogen) atoms. The number of nitrogens with zero attached hydrogens (tertiary/aromatic N) is 1. The van der Waals surface area contributed by atoms with Crippen molar-refractivity contribution in [3.05, 3.63) is 59.3 Å². The lowest BCUT2D eigenvalue weighted by Crippen LogP contribution is -2.05. The molecule has 6 nitrogen and oxygen atoms in total. The van der Waals surface area contributed by atoms with E-state index in [4.69, 9.17) is 18.9 Å². The Morgan fingerprint density at radius 2 is 1.63 bits per heavy atom. The standard InChI is InChI=1S/C21H21NO5/c1-24-16-6-4-5-14(9-16)7-8-20-22-19(21(23)27-20)12-15-10-17(25-2)13-18(11-15)26-3/h4-6,9-13H,7-8H2,1-3H3/b19-12+. The zero-order chi connectivity index (χ0) is 19.2. The average Bonchev–Trinajstić information content (AvgIpc) is 3.05. The summed E-state index contributed by atoms with van der Waals surface area (Å²) in [7, 11) is 4.78. The Labute approximate surface area is 158 Å². The highest BCUT2D eigenvalue weighted by Gasteiger charge is 2.22. The number of cyclic esters (lactones) is 1. The van der Waals surface area contributed by atoms with Gasteiger partial charge in [0.25, 0.3) is 0 Å². The summed E-state index contributed by atoms with van der Waals surface area (Å²) in [6.45, 7) is 0. The van der Waals surface area contributed by atoms with Crippen molar-refractivity contribution in [2.24, 2.45) is 4.99 Å². The van der Waals surface area contributed by atoms with Gasteiger partial charge in [-0.1, -0.05) is 12.1 Å². The first-order valence-electron chi connectivity index (χ1n) is 8.48. The SMILES string of the molecule is COc1cccc(CCC2=N/C(=C/c3cc(OC)cc(OC)c3)C(=O)O2)c1. The molecule has 0 unspecified atom stereocenters. The Morgan fingerprint density at radius 1 is 0.926 bits per heavy atom. The summed E-state index contributed by atoms with van der Waals surface area (Å²) in [6, 6.07) is 13.1. The summed E-state index contributed by atoms with van der Waals surface area (Å²) in [4.78, 5) is 16.4. The number of esters is 1. The Bertz CT molecular complexity index is 879. The highest BCUT2D eigenvalue weighted by atomic mass is 16.6. The van der Waals surface area contributed by atoms with Crippen molar-refractivity contribution >= 4 is 17.9 Å².